The van der Waals surface area contributed by atoms with Gasteiger partial charge in [-0.25, -0.2) is 4.79 Å². The maximum atomic E-state index is 11.5. The average Bonchev–Trinajstić information content (AvgIpc) is 2.54. The van der Waals surface area contributed by atoms with Crippen molar-refractivity contribution in [1.82, 2.24) is 5.32 Å². The molecule has 6 heteroatoms. The molecular weight excluding hydrogens is 284 g/mol. The summed E-state index contributed by atoms with van der Waals surface area (Å²) < 4.78 is 5.08. The van der Waals surface area contributed by atoms with Crippen LogP contribution in [0, 0.1) is 10.1 Å². The monoisotopic (exact) mass is 300 g/mol. The molecule has 1 amide bonds. The number of ether oxygens (including phenoxy) is 1. The zero-order valence-electron chi connectivity index (χ0n) is 11.9. The first kappa shape index (κ1) is 15.5. The van der Waals surface area contributed by atoms with Crippen molar-refractivity contribution in [1.29, 1.82) is 0 Å². The molecule has 0 radical (unpaired) electrons. The maximum Gasteiger partial charge on any atom is 0.407 e. The number of rotatable bonds is 6. The Hall–Kier alpha value is -2.89. The summed E-state index contributed by atoms with van der Waals surface area (Å²) in [4.78, 5) is 21.6. The van der Waals surface area contributed by atoms with E-state index >= 15 is 0 Å². The lowest BCUT2D eigenvalue weighted by atomic mass is 10.1. The van der Waals surface area contributed by atoms with Crippen molar-refractivity contribution in [2.45, 2.75) is 13.0 Å². The van der Waals surface area contributed by atoms with Gasteiger partial charge < -0.3 is 10.1 Å². The second kappa shape index (κ2) is 7.78. The van der Waals surface area contributed by atoms with Gasteiger partial charge in [0.1, 0.15) is 6.61 Å². The standard InChI is InChI=1S/C16H16N2O4/c19-16(22-12-14-4-2-1-3-5-14)17-11-10-13-6-8-15(9-7-13)18(20)21/h1-9H,10-12H2,(H,17,19). The van der Waals surface area contributed by atoms with Gasteiger partial charge in [0.15, 0.2) is 0 Å². The van der Waals surface area contributed by atoms with Crippen LogP contribution in [0.3, 0.4) is 0 Å². The smallest absolute Gasteiger partial charge is 0.407 e. The molecule has 2 rings (SSSR count). The molecule has 22 heavy (non-hydrogen) atoms. The highest BCUT2D eigenvalue weighted by Gasteiger charge is 2.05. The van der Waals surface area contributed by atoms with Crippen molar-refractivity contribution < 1.29 is 14.5 Å². The fourth-order valence-corrected chi connectivity index (χ4v) is 1.87. The molecule has 0 fully saturated rings. The minimum Gasteiger partial charge on any atom is -0.445 e. The van der Waals surface area contributed by atoms with E-state index in [4.69, 9.17) is 4.74 Å². The van der Waals surface area contributed by atoms with Crippen LogP contribution in [-0.4, -0.2) is 17.6 Å². The van der Waals surface area contributed by atoms with Gasteiger partial charge in [-0.1, -0.05) is 42.5 Å². The van der Waals surface area contributed by atoms with Gasteiger partial charge >= 0.3 is 6.09 Å². The molecule has 0 aliphatic carbocycles. The van der Waals surface area contributed by atoms with Crippen LogP contribution in [0.5, 0.6) is 0 Å². The fourth-order valence-electron chi connectivity index (χ4n) is 1.87. The predicted octanol–water partition coefficient (Wildman–Crippen LogP) is 3.06. The molecule has 1 N–H and O–H groups in total. The summed E-state index contributed by atoms with van der Waals surface area (Å²) in [5, 5.41) is 13.2. The van der Waals surface area contributed by atoms with Crippen LogP contribution in [0.2, 0.25) is 0 Å². The number of non-ortho nitro benzene ring substituents is 1. The quantitative estimate of drug-likeness (QED) is 0.656. The number of amides is 1. The molecule has 0 saturated heterocycles. The molecule has 0 heterocycles. The molecule has 0 saturated carbocycles. The Bertz CT molecular complexity index is 626. The molecule has 0 aliphatic rings. The van der Waals surface area contributed by atoms with Crippen LogP contribution in [0.25, 0.3) is 0 Å². The van der Waals surface area contributed by atoms with E-state index in [2.05, 4.69) is 5.32 Å². The number of nitro groups is 1. The number of nitrogens with zero attached hydrogens (tertiary/aromatic N) is 1. The van der Waals surface area contributed by atoms with Gasteiger partial charge in [-0.05, 0) is 17.5 Å². The third-order valence-corrected chi connectivity index (χ3v) is 3.04. The van der Waals surface area contributed by atoms with Crippen LogP contribution in [0.1, 0.15) is 11.1 Å². The highest BCUT2D eigenvalue weighted by Crippen LogP contribution is 2.11. The van der Waals surface area contributed by atoms with Gasteiger partial charge in [0.05, 0.1) is 4.92 Å². The van der Waals surface area contributed by atoms with Crippen molar-refractivity contribution in [3.8, 4) is 0 Å². The third kappa shape index (κ3) is 4.90. The number of carbonyl (C=O) groups excluding carboxylic acids is 1. The van der Waals surface area contributed by atoms with E-state index in [1.165, 1.54) is 12.1 Å². The lowest BCUT2D eigenvalue weighted by Crippen LogP contribution is -2.26. The number of alkyl carbamates (subject to hydrolysis) is 1. The van der Waals surface area contributed by atoms with Crippen LogP contribution < -0.4 is 5.32 Å². The Balaban J connectivity index is 1.69. The lowest BCUT2D eigenvalue weighted by molar-refractivity contribution is -0.384. The van der Waals surface area contributed by atoms with Gasteiger partial charge in [0, 0.05) is 18.7 Å². The average molecular weight is 300 g/mol. The highest BCUT2D eigenvalue weighted by molar-refractivity contribution is 5.67. The first-order valence-corrected chi connectivity index (χ1v) is 6.83. The van der Waals surface area contributed by atoms with Gasteiger partial charge in [-0.3, -0.25) is 10.1 Å². The van der Waals surface area contributed by atoms with Gasteiger partial charge in [0.2, 0.25) is 0 Å². The van der Waals surface area contributed by atoms with Gasteiger partial charge in [-0.15, -0.1) is 0 Å². The first-order chi connectivity index (χ1) is 10.6. The minimum atomic E-state index is -0.481. The van der Waals surface area contributed by atoms with E-state index in [-0.39, 0.29) is 12.3 Å². The molecule has 0 spiro atoms. The zero-order chi connectivity index (χ0) is 15.8. The van der Waals surface area contributed by atoms with E-state index in [0.717, 1.165) is 11.1 Å². The number of nitrogens with one attached hydrogen (secondary N) is 1. The van der Waals surface area contributed by atoms with Crippen LogP contribution >= 0.6 is 0 Å². The highest BCUT2D eigenvalue weighted by atomic mass is 16.6. The third-order valence-electron chi connectivity index (χ3n) is 3.04. The molecule has 2 aromatic rings. The second-order valence-corrected chi connectivity index (χ2v) is 4.66. The first-order valence-electron chi connectivity index (χ1n) is 6.83. The summed E-state index contributed by atoms with van der Waals surface area (Å²) in [6.45, 7) is 0.635. The Kier molecular flexibility index (Phi) is 5.48. The van der Waals surface area contributed by atoms with E-state index in [9.17, 15) is 14.9 Å². The van der Waals surface area contributed by atoms with E-state index in [1.54, 1.807) is 12.1 Å². The summed E-state index contributed by atoms with van der Waals surface area (Å²) >= 11 is 0. The van der Waals surface area contributed by atoms with Crippen molar-refractivity contribution >= 4 is 11.8 Å². The molecule has 2 aromatic carbocycles. The Labute approximate surface area is 127 Å². The Morgan fingerprint density at radius 2 is 1.73 bits per heavy atom. The summed E-state index contributed by atoms with van der Waals surface area (Å²) in [5.41, 5.74) is 1.89. The fraction of sp³-hybridized carbons (Fsp3) is 0.188. The number of hydrogen-bond donors (Lipinski definition) is 1. The van der Waals surface area contributed by atoms with E-state index in [1.807, 2.05) is 30.3 Å². The molecule has 114 valence electrons. The minimum absolute atomic E-state index is 0.0546. The number of benzene rings is 2. The number of nitro benzene ring substituents is 1. The molecule has 0 atom stereocenters. The van der Waals surface area contributed by atoms with Crippen LogP contribution in [-0.2, 0) is 17.8 Å². The number of carbonyl (C=O) groups is 1. The summed E-state index contributed by atoms with van der Waals surface area (Å²) in [6, 6.07) is 15.7. The second-order valence-electron chi connectivity index (χ2n) is 4.66. The summed E-state index contributed by atoms with van der Waals surface area (Å²) in [7, 11) is 0. The number of hydrogen-bond acceptors (Lipinski definition) is 4. The molecule has 6 nitrogen and oxygen atoms in total. The zero-order valence-corrected chi connectivity index (χ0v) is 11.9. The predicted molar refractivity (Wildman–Crippen MR) is 81.4 cm³/mol. The molecular formula is C16H16N2O4. The van der Waals surface area contributed by atoms with Gasteiger partial charge in [-0.2, -0.15) is 0 Å². The van der Waals surface area contributed by atoms with E-state index in [0.29, 0.717) is 13.0 Å². The normalized spacial score (nSPS) is 10.0. The molecule has 0 unspecified atom stereocenters. The van der Waals surface area contributed by atoms with Crippen molar-refractivity contribution in [3.63, 3.8) is 0 Å². The van der Waals surface area contributed by atoms with Crippen molar-refractivity contribution in [2.24, 2.45) is 0 Å². The maximum absolute atomic E-state index is 11.5. The van der Waals surface area contributed by atoms with Gasteiger partial charge in [0.25, 0.3) is 5.69 Å². The molecule has 0 aromatic heterocycles. The molecule has 0 aliphatic heterocycles. The van der Waals surface area contributed by atoms with Crippen molar-refractivity contribution in [3.05, 3.63) is 75.8 Å². The molecule has 0 bridgehead atoms. The van der Waals surface area contributed by atoms with Crippen LogP contribution in [0.4, 0.5) is 10.5 Å². The Morgan fingerprint density at radius 1 is 1.05 bits per heavy atom. The summed E-state index contributed by atoms with van der Waals surface area (Å²) in [6.07, 6.45) is 0.101. The lowest BCUT2D eigenvalue weighted by Gasteiger charge is -2.07. The van der Waals surface area contributed by atoms with Crippen molar-refractivity contribution in [2.75, 3.05) is 6.54 Å². The SMILES string of the molecule is O=C(NCCc1ccc([N+](=O)[O-])cc1)OCc1ccccc1. The topological polar surface area (TPSA) is 81.5 Å². The summed E-state index contributed by atoms with van der Waals surface area (Å²) in [5.74, 6) is 0. The Morgan fingerprint density at radius 3 is 2.36 bits per heavy atom. The van der Waals surface area contributed by atoms with Crippen LogP contribution in [0.15, 0.2) is 54.6 Å². The van der Waals surface area contributed by atoms with E-state index < -0.39 is 11.0 Å². The largest absolute Gasteiger partial charge is 0.445 e.